The van der Waals surface area contributed by atoms with Gasteiger partial charge in [0.2, 0.25) is 5.91 Å². The minimum absolute atomic E-state index is 0.116. The van der Waals surface area contributed by atoms with Crippen molar-refractivity contribution in [1.29, 1.82) is 0 Å². The maximum Gasteiger partial charge on any atom is 0.232 e. The molecule has 1 aliphatic heterocycles. The third-order valence-corrected chi connectivity index (χ3v) is 5.55. The third kappa shape index (κ3) is 3.92. The summed E-state index contributed by atoms with van der Waals surface area (Å²) in [6, 6.07) is 6.54. The van der Waals surface area contributed by atoms with Gasteiger partial charge in [-0.25, -0.2) is 19.0 Å². The lowest BCUT2D eigenvalue weighted by Gasteiger charge is -2.26. The van der Waals surface area contributed by atoms with Crippen LogP contribution in [0.25, 0.3) is 11.2 Å². The number of carbonyl (C=O) groups is 1. The lowest BCUT2D eigenvalue weighted by molar-refractivity contribution is -0.129. The molecule has 0 aliphatic carbocycles. The minimum atomic E-state index is -0.295. The number of piperidine rings is 1. The predicted molar refractivity (Wildman–Crippen MR) is 99.8 cm³/mol. The summed E-state index contributed by atoms with van der Waals surface area (Å²) >= 11 is 1.34. The molecule has 1 amide bonds. The second-order valence-electron chi connectivity index (χ2n) is 6.42. The number of nitrogens with zero attached hydrogens (tertiary/aromatic N) is 6. The molecule has 0 bridgehead atoms. The fourth-order valence-corrected chi connectivity index (χ4v) is 3.97. The highest BCUT2D eigenvalue weighted by Gasteiger charge is 2.19. The van der Waals surface area contributed by atoms with Crippen LogP contribution in [0, 0.1) is 5.82 Å². The van der Waals surface area contributed by atoms with Crippen LogP contribution < -0.4 is 0 Å². The fraction of sp³-hybridized carbons (Fsp3) is 0.389. The van der Waals surface area contributed by atoms with Gasteiger partial charge in [-0.1, -0.05) is 35.2 Å². The molecule has 7 nitrogen and oxygen atoms in total. The number of carbonyl (C=O) groups excluding carboxylic acids is 1. The number of rotatable bonds is 5. The molecule has 3 heterocycles. The summed E-state index contributed by atoms with van der Waals surface area (Å²) in [4.78, 5) is 22.8. The van der Waals surface area contributed by atoms with Crippen LogP contribution in [-0.4, -0.2) is 54.6 Å². The van der Waals surface area contributed by atoms with Crippen LogP contribution in [0.2, 0.25) is 0 Å². The minimum Gasteiger partial charge on any atom is -0.342 e. The van der Waals surface area contributed by atoms with Crippen LogP contribution in [0.1, 0.15) is 24.8 Å². The van der Waals surface area contributed by atoms with Gasteiger partial charge in [-0.2, -0.15) is 0 Å². The standard InChI is InChI=1S/C18H19FN6OS/c19-14-7-3-2-6-13(14)10-25-17-16(22-23-25)18(21-12-20-17)27-11-15(26)24-8-4-1-5-9-24/h2-3,6-7,12H,1,4-5,8-11H2. The zero-order valence-electron chi connectivity index (χ0n) is 14.7. The molecule has 3 aromatic rings. The van der Waals surface area contributed by atoms with E-state index >= 15 is 0 Å². The van der Waals surface area contributed by atoms with Crippen LogP contribution in [0.15, 0.2) is 35.6 Å². The molecule has 9 heteroatoms. The van der Waals surface area contributed by atoms with E-state index in [2.05, 4.69) is 20.3 Å². The van der Waals surface area contributed by atoms with E-state index in [-0.39, 0.29) is 18.3 Å². The molecule has 1 fully saturated rings. The molecule has 0 spiro atoms. The molecule has 27 heavy (non-hydrogen) atoms. The van der Waals surface area contributed by atoms with E-state index in [0.717, 1.165) is 25.9 Å². The number of amides is 1. The third-order valence-electron chi connectivity index (χ3n) is 4.59. The first-order valence-electron chi connectivity index (χ1n) is 8.90. The number of thioether (sulfide) groups is 1. The molecule has 2 aromatic heterocycles. The Labute approximate surface area is 160 Å². The Morgan fingerprint density at radius 3 is 2.78 bits per heavy atom. The highest BCUT2D eigenvalue weighted by atomic mass is 32.2. The van der Waals surface area contributed by atoms with E-state index in [1.165, 1.54) is 30.6 Å². The van der Waals surface area contributed by atoms with Crippen molar-refractivity contribution in [2.24, 2.45) is 0 Å². The second kappa shape index (κ2) is 7.99. The summed E-state index contributed by atoms with van der Waals surface area (Å²) in [5.41, 5.74) is 1.57. The second-order valence-corrected chi connectivity index (χ2v) is 7.38. The van der Waals surface area contributed by atoms with Gasteiger partial charge in [-0.05, 0) is 25.3 Å². The van der Waals surface area contributed by atoms with Crippen molar-refractivity contribution in [2.45, 2.75) is 30.8 Å². The number of likely N-dealkylation sites (tertiary alicyclic amines) is 1. The molecule has 0 radical (unpaired) electrons. The Balaban J connectivity index is 1.50. The van der Waals surface area contributed by atoms with Crippen molar-refractivity contribution in [1.82, 2.24) is 29.9 Å². The summed E-state index contributed by atoms with van der Waals surface area (Å²) in [6.07, 6.45) is 4.75. The fourth-order valence-electron chi connectivity index (χ4n) is 3.14. The summed E-state index contributed by atoms with van der Waals surface area (Å²) in [6.45, 7) is 1.89. The highest BCUT2D eigenvalue weighted by molar-refractivity contribution is 8.00. The normalized spacial score (nSPS) is 14.6. The van der Waals surface area contributed by atoms with E-state index in [9.17, 15) is 9.18 Å². The van der Waals surface area contributed by atoms with Gasteiger partial charge in [-0.15, -0.1) is 5.10 Å². The summed E-state index contributed by atoms with van der Waals surface area (Å²) < 4.78 is 15.5. The SMILES string of the molecule is O=C(CSc1ncnc2c1nnn2Cc1ccccc1F)N1CCCCC1. The van der Waals surface area contributed by atoms with E-state index in [4.69, 9.17) is 0 Å². The Bertz CT molecular complexity index is 956. The van der Waals surface area contributed by atoms with Crippen molar-refractivity contribution >= 4 is 28.8 Å². The topological polar surface area (TPSA) is 76.8 Å². The van der Waals surface area contributed by atoms with Crippen molar-refractivity contribution < 1.29 is 9.18 Å². The summed E-state index contributed by atoms with van der Waals surface area (Å²) in [5.74, 6) is 0.133. The maximum atomic E-state index is 13.9. The molecule has 0 N–H and O–H groups in total. The van der Waals surface area contributed by atoms with Gasteiger partial charge in [0.25, 0.3) is 0 Å². The lowest BCUT2D eigenvalue weighted by Crippen LogP contribution is -2.36. The number of fused-ring (bicyclic) bond motifs is 1. The zero-order valence-corrected chi connectivity index (χ0v) is 15.5. The van der Waals surface area contributed by atoms with Crippen LogP contribution >= 0.6 is 11.8 Å². The van der Waals surface area contributed by atoms with E-state index in [1.54, 1.807) is 22.9 Å². The molecule has 1 aliphatic rings. The van der Waals surface area contributed by atoms with Crippen LogP contribution in [0.5, 0.6) is 0 Å². The molecule has 4 rings (SSSR count). The van der Waals surface area contributed by atoms with Gasteiger partial charge in [-0.3, -0.25) is 4.79 Å². The molecule has 0 unspecified atom stereocenters. The maximum absolute atomic E-state index is 13.9. The predicted octanol–water partition coefficient (Wildman–Crippen LogP) is 2.51. The Morgan fingerprint density at radius 1 is 1.15 bits per heavy atom. The molecular formula is C18H19FN6OS. The van der Waals surface area contributed by atoms with E-state index in [0.29, 0.717) is 27.5 Å². The average Bonchev–Trinajstić information content (AvgIpc) is 3.12. The molecule has 1 saturated heterocycles. The average molecular weight is 386 g/mol. The van der Waals surface area contributed by atoms with E-state index in [1.807, 2.05) is 4.90 Å². The van der Waals surface area contributed by atoms with Crippen LogP contribution in [0.3, 0.4) is 0 Å². The number of benzene rings is 1. The molecule has 0 atom stereocenters. The van der Waals surface area contributed by atoms with Gasteiger partial charge >= 0.3 is 0 Å². The lowest BCUT2D eigenvalue weighted by atomic mass is 10.1. The number of hydrogen-bond donors (Lipinski definition) is 0. The molecule has 0 saturated carbocycles. The highest BCUT2D eigenvalue weighted by Crippen LogP contribution is 2.24. The summed E-state index contributed by atoms with van der Waals surface area (Å²) in [5, 5.41) is 8.87. The van der Waals surface area contributed by atoms with Crippen molar-refractivity contribution in [3.8, 4) is 0 Å². The number of hydrogen-bond acceptors (Lipinski definition) is 6. The Morgan fingerprint density at radius 2 is 1.96 bits per heavy atom. The first-order chi connectivity index (χ1) is 13.2. The van der Waals surface area contributed by atoms with Gasteiger partial charge in [0.05, 0.1) is 12.3 Å². The van der Waals surface area contributed by atoms with Gasteiger partial charge in [0, 0.05) is 18.7 Å². The molecular weight excluding hydrogens is 367 g/mol. The van der Waals surface area contributed by atoms with Crippen molar-refractivity contribution in [3.05, 3.63) is 42.0 Å². The molecule has 140 valence electrons. The Hall–Kier alpha value is -2.55. The summed E-state index contributed by atoms with van der Waals surface area (Å²) in [7, 11) is 0. The smallest absolute Gasteiger partial charge is 0.232 e. The first-order valence-corrected chi connectivity index (χ1v) is 9.89. The first kappa shape index (κ1) is 17.8. The van der Waals surface area contributed by atoms with Crippen molar-refractivity contribution in [2.75, 3.05) is 18.8 Å². The van der Waals surface area contributed by atoms with Gasteiger partial charge in [0.1, 0.15) is 17.2 Å². The monoisotopic (exact) mass is 386 g/mol. The Kier molecular flexibility index (Phi) is 5.28. The zero-order chi connectivity index (χ0) is 18.6. The quantitative estimate of drug-likeness (QED) is 0.495. The number of aromatic nitrogens is 5. The van der Waals surface area contributed by atoms with E-state index < -0.39 is 0 Å². The van der Waals surface area contributed by atoms with Gasteiger partial charge in [0.15, 0.2) is 11.2 Å². The van der Waals surface area contributed by atoms with Crippen LogP contribution in [0.4, 0.5) is 4.39 Å². The number of halogens is 1. The van der Waals surface area contributed by atoms with Crippen LogP contribution in [-0.2, 0) is 11.3 Å². The van der Waals surface area contributed by atoms with Crippen molar-refractivity contribution in [3.63, 3.8) is 0 Å². The largest absolute Gasteiger partial charge is 0.342 e. The van der Waals surface area contributed by atoms with Gasteiger partial charge < -0.3 is 4.90 Å². The molecule has 1 aromatic carbocycles.